The van der Waals surface area contributed by atoms with Gasteiger partial charge in [-0.3, -0.25) is 5.10 Å². The van der Waals surface area contributed by atoms with Gasteiger partial charge in [-0.05, 0) is 35.0 Å². The maximum absolute atomic E-state index is 4.19. The molecule has 2 heterocycles. The van der Waals surface area contributed by atoms with Gasteiger partial charge in [0.25, 0.3) is 0 Å². The number of hydrogen-bond acceptors (Lipinski definition) is 3. The minimum absolute atomic E-state index is 0.923. The van der Waals surface area contributed by atoms with Gasteiger partial charge in [0.1, 0.15) is 11.8 Å². The summed E-state index contributed by atoms with van der Waals surface area (Å²) in [6.45, 7) is 0. The highest BCUT2D eigenvalue weighted by atomic mass is 15.3. The molecule has 0 saturated heterocycles. The maximum atomic E-state index is 4.19. The van der Waals surface area contributed by atoms with Crippen molar-refractivity contribution >= 4 is 32.8 Å². The van der Waals surface area contributed by atoms with E-state index in [1.165, 1.54) is 0 Å². The zero-order valence-corrected chi connectivity index (χ0v) is 8.23. The number of aromatic nitrogens is 5. The van der Waals surface area contributed by atoms with Crippen LogP contribution in [-0.4, -0.2) is 25.4 Å². The summed E-state index contributed by atoms with van der Waals surface area (Å²) < 4.78 is 0. The molecule has 0 saturated carbocycles. The lowest BCUT2D eigenvalue weighted by Crippen LogP contribution is -1.76. The predicted octanol–water partition coefficient (Wildman–Crippen LogP) is 1.99. The molecule has 0 bridgehead atoms. The van der Waals surface area contributed by atoms with E-state index in [1.54, 1.807) is 6.33 Å². The molecule has 5 nitrogen and oxygen atoms in total. The van der Waals surface area contributed by atoms with Crippen LogP contribution in [0.15, 0.2) is 30.6 Å². The quantitative estimate of drug-likeness (QED) is 0.465. The van der Waals surface area contributed by atoms with Gasteiger partial charge in [0, 0.05) is 0 Å². The molecular weight excluding hydrogens is 202 g/mol. The van der Waals surface area contributed by atoms with E-state index in [2.05, 4.69) is 31.4 Å². The Balaban J connectivity index is 2.26. The maximum Gasteiger partial charge on any atom is 0.116 e. The van der Waals surface area contributed by atoms with E-state index in [0.29, 0.717) is 0 Å². The molecule has 2 aromatic heterocycles. The molecule has 4 rings (SSSR count). The average molecular weight is 209 g/mol. The van der Waals surface area contributed by atoms with Crippen LogP contribution in [0.5, 0.6) is 0 Å². The third-order valence-electron chi connectivity index (χ3n) is 2.81. The monoisotopic (exact) mass is 209 g/mol. The predicted molar refractivity (Wildman–Crippen MR) is 61.0 cm³/mol. The van der Waals surface area contributed by atoms with E-state index in [0.717, 1.165) is 32.8 Å². The second-order valence-electron chi connectivity index (χ2n) is 3.78. The third-order valence-corrected chi connectivity index (χ3v) is 2.81. The second-order valence-corrected chi connectivity index (χ2v) is 3.78. The molecule has 0 atom stereocenters. The Morgan fingerprint density at radius 1 is 0.812 bits per heavy atom. The van der Waals surface area contributed by atoms with Crippen molar-refractivity contribution in [2.24, 2.45) is 0 Å². The first-order chi connectivity index (χ1) is 7.90. The molecular formula is C11H7N5. The zero-order chi connectivity index (χ0) is 10.5. The van der Waals surface area contributed by atoms with Gasteiger partial charge in [0.2, 0.25) is 0 Å². The Morgan fingerprint density at radius 3 is 2.31 bits per heavy atom. The number of nitrogens with zero attached hydrogens (tertiary/aromatic N) is 3. The molecule has 4 aromatic rings. The Morgan fingerprint density at radius 2 is 1.50 bits per heavy atom. The summed E-state index contributed by atoms with van der Waals surface area (Å²) >= 11 is 0. The lowest BCUT2D eigenvalue weighted by atomic mass is 10.1. The first-order valence-corrected chi connectivity index (χ1v) is 4.97. The summed E-state index contributed by atoms with van der Waals surface area (Å²) in [7, 11) is 0. The van der Waals surface area contributed by atoms with Crippen molar-refractivity contribution in [3.8, 4) is 0 Å². The highest BCUT2D eigenvalue weighted by Gasteiger charge is 2.03. The molecule has 0 aliphatic rings. The van der Waals surface area contributed by atoms with Crippen LogP contribution >= 0.6 is 0 Å². The van der Waals surface area contributed by atoms with Crippen molar-refractivity contribution in [2.45, 2.75) is 0 Å². The van der Waals surface area contributed by atoms with Crippen LogP contribution in [0, 0.1) is 0 Å². The zero-order valence-electron chi connectivity index (χ0n) is 8.23. The molecule has 0 spiro atoms. The molecule has 0 unspecified atom stereocenters. The van der Waals surface area contributed by atoms with Crippen molar-refractivity contribution in [3.05, 3.63) is 30.6 Å². The first-order valence-electron chi connectivity index (χ1n) is 4.97. The number of imidazole rings is 1. The van der Waals surface area contributed by atoms with Crippen molar-refractivity contribution in [2.75, 3.05) is 0 Å². The largest absolute Gasteiger partial charge is 0.283 e. The van der Waals surface area contributed by atoms with Gasteiger partial charge in [0.15, 0.2) is 0 Å². The minimum atomic E-state index is 0.923. The molecule has 5 heteroatoms. The number of nitrogens with one attached hydrogen (secondary N) is 2. The number of hydrogen-bond donors (Lipinski definition) is 2. The molecule has 0 aliphatic heterocycles. The summed E-state index contributed by atoms with van der Waals surface area (Å²) in [5, 5.41) is 12.1. The van der Waals surface area contributed by atoms with Crippen molar-refractivity contribution in [1.82, 2.24) is 25.4 Å². The van der Waals surface area contributed by atoms with Gasteiger partial charge in [0.05, 0.1) is 16.6 Å². The smallest absolute Gasteiger partial charge is 0.116 e. The van der Waals surface area contributed by atoms with Crippen LogP contribution in [0.1, 0.15) is 0 Å². The van der Waals surface area contributed by atoms with Gasteiger partial charge < -0.3 is 0 Å². The molecule has 0 aliphatic carbocycles. The average Bonchev–Trinajstić information content (AvgIpc) is 2.89. The van der Waals surface area contributed by atoms with Crippen LogP contribution in [0.3, 0.4) is 0 Å². The second kappa shape index (κ2) is 2.57. The Kier molecular flexibility index (Phi) is 1.26. The van der Waals surface area contributed by atoms with Crippen molar-refractivity contribution < 1.29 is 0 Å². The van der Waals surface area contributed by atoms with Crippen LogP contribution in [-0.2, 0) is 0 Å². The molecule has 2 aromatic carbocycles. The normalized spacial score (nSPS) is 11.8. The van der Waals surface area contributed by atoms with Crippen LogP contribution in [0.2, 0.25) is 0 Å². The summed E-state index contributed by atoms with van der Waals surface area (Å²) in [4.78, 5) is 8.38. The van der Waals surface area contributed by atoms with Gasteiger partial charge in [-0.25, -0.2) is 15.2 Å². The summed E-state index contributed by atoms with van der Waals surface area (Å²) in [6, 6.07) is 8.16. The lowest BCUT2D eigenvalue weighted by Gasteiger charge is -1.97. The van der Waals surface area contributed by atoms with Crippen molar-refractivity contribution in [1.29, 1.82) is 0 Å². The summed E-state index contributed by atoms with van der Waals surface area (Å²) in [6.07, 6.45) is 1.58. The number of aromatic amines is 2. The Labute approximate surface area is 89.5 Å². The molecule has 0 amide bonds. The fraction of sp³-hybridized carbons (Fsp3) is 0. The SMILES string of the molecule is c1nc2cc3cc4n[nH][nH]c4cc3cc2n1. The highest BCUT2D eigenvalue weighted by molar-refractivity contribution is 6.00. The van der Waals surface area contributed by atoms with E-state index in [-0.39, 0.29) is 0 Å². The summed E-state index contributed by atoms with van der Waals surface area (Å²) in [5.41, 5.74) is 3.76. The highest BCUT2D eigenvalue weighted by Crippen LogP contribution is 2.23. The third kappa shape index (κ3) is 0.916. The topological polar surface area (TPSA) is 70.2 Å². The van der Waals surface area contributed by atoms with Crippen LogP contribution in [0.25, 0.3) is 32.8 Å². The van der Waals surface area contributed by atoms with Gasteiger partial charge in [-0.2, -0.15) is 5.10 Å². The molecule has 0 radical (unpaired) electrons. The van der Waals surface area contributed by atoms with Crippen LogP contribution < -0.4 is 0 Å². The number of H-pyrrole nitrogens is 2. The van der Waals surface area contributed by atoms with Crippen molar-refractivity contribution in [3.63, 3.8) is 0 Å². The van der Waals surface area contributed by atoms with E-state index in [1.807, 2.05) is 18.2 Å². The number of fused-ring (bicyclic) bond motifs is 3. The fourth-order valence-electron chi connectivity index (χ4n) is 2.01. The molecule has 76 valence electrons. The number of rotatable bonds is 0. The van der Waals surface area contributed by atoms with E-state index < -0.39 is 0 Å². The standard InChI is InChI=1S/C11H7N5/c1-6-3-10-11(15-16-14-10)4-7(6)2-9-8(1)12-5-13-9/h1-5,14,16H. The van der Waals surface area contributed by atoms with E-state index in [4.69, 9.17) is 0 Å². The van der Waals surface area contributed by atoms with Gasteiger partial charge in [-0.1, -0.05) is 0 Å². The van der Waals surface area contributed by atoms with Crippen LogP contribution in [0.4, 0.5) is 0 Å². The molecule has 2 N–H and O–H groups in total. The van der Waals surface area contributed by atoms with Gasteiger partial charge in [-0.15, -0.1) is 0 Å². The number of benzene rings is 2. The first kappa shape index (κ1) is 7.81. The van der Waals surface area contributed by atoms with E-state index >= 15 is 0 Å². The van der Waals surface area contributed by atoms with Gasteiger partial charge >= 0.3 is 0 Å². The molecule has 16 heavy (non-hydrogen) atoms. The Hall–Kier alpha value is -2.43. The Bertz CT molecular complexity index is 681. The van der Waals surface area contributed by atoms with E-state index in [9.17, 15) is 0 Å². The summed E-state index contributed by atoms with van der Waals surface area (Å²) in [5.74, 6) is 0. The minimum Gasteiger partial charge on any atom is -0.283 e. The lowest BCUT2D eigenvalue weighted by molar-refractivity contribution is 0.959. The fourth-order valence-corrected chi connectivity index (χ4v) is 2.01. The molecule has 0 fully saturated rings.